The van der Waals surface area contributed by atoms with Crippen LogP contribution in [0.1, 0.15) is 46.5 Å². The van der Waals surface area contributed by atoms with Crippen molar-refractivity contribution in [2.45, 2.75) is 70.4 Å². The van der Waals surface area contributed by atoms with Crippen molar-refractivity contribution >= 4 is 11.8 Å². The molecule has 0 aromatic heterocycles. The standard InChI is InChI=1S/C22H33N3O7/c1-22(2,3)32-21(27)24-12-6-8-17(24)20(26)23-11-5-7-16(23)14-31-19-13-15(25(28)29)9-10-18(19)30-4/h9-10,13,16-17,20,26H,5-8,11-12,14H2,1-4H3. The van der Waals surface area contributed by atoms with Crippen molar-refractivity contribution in [1.82, 2.24) is 9.80 Å². The van der Waals surface area contributed by atoms with Crippen molar-refractivity contribution in [3.63, 3.8) is 0 Å². The molecule has 2 heterocycles. The van der Waals surface area contributed by atoms with Crippen LogP contribution >= 0.6 is 0 Å². The van der Waals surface area contributed by atoms with Crippen LogP contribution < -0.4 is 9.47 Å². The van der Waals surface area contributed by atoms with E-state index in [2.05, 4.69) is 0 Å². The van der Waals surface area contributed by atoms with Gasteiger partial charge in [0.1, 0.15) is 18.4 Å². The Kier molecular flexibility index (Phi) is 7.45. The lowest BCUT2D eigenvalue weighted by Gasteiger charge is -2.37. The molecule has 2 aliphatic rings. The van der Waals surface area contributed by atoms with Gasteiger partial charge in [-0.25, -0.2) is 4.79 Å². The fourth-order valence-electron chi connectivity index (χ4n) is 4.33. The van der Waals surface area contributed by atoms with Crippen molar-refractivity contribution in [3.8, 4) is 11.5 Å². The number of aliphatic hydroxyl groups is 1. The topological polar surface area (TPSA) is 115 Å². The molecular weight excluding hydrogens is 418 g/mol. The number of methoxy groups -OCH3 is 1. The number of nitrogens with zero attached hydrogens (tertiary/aromatic N) is 3. The van der Waals surface area contributed by atoms with Crippen LogP contribution in [0.5, 0.6) is 11.5 Å². The second kappa shape index (κ2) is 9.91. The summed E-state index contributed by atoms with van der Waals surface area (Å²) in [4.78, 5) is 26.8. The first-order valence-electron chi connectivity index (χ1n) is 11.0. The number of nitro benzene ring substituents is 1. The van der Waals surface area contributed by atoms with E-state index < -0.39 is 22.8 Å². The molecule has 0 bridgehead atoms. The minimum atomic E-state index is -0.840. The number of aliphatic hydroxyl groups excluding tert-OH is 1. The van der Waals surface area contributed by atoms with E-state index in [1.165, 1.54) is 25.3 Å². The number of ether oxygens (including phenoxy) is 3. The Morgan fingerprint density at radius 2 is 1.97 bits per heavy atom. The summed E-state index contributed by atoms with van der Waals surface area (Å²) in [6.07, 6.45) is 1.95. The molecule has 178 valence electrons. The number of non-ortho nitro benzene ring substituents is 1. The van der Waals surface area contributed by atoms with Crippen molar-refractivity contribution in [2.24, 2.45) is 0 Å². The van der Waals surface area contributed by atoms with Crippen LogP contribution in [0.2, 0.25) is 0 Å². The Bertz CT molecular complexity index is 826. The second-order valence-corrected chi connectivity index (χ2v) is 9.23. The van der Waals surface area contributed by atoms with Crippen LogP contribution in [-0.4, -0.2) is 76.6 Å². The molecule has 2 aliphatic heterocycles. The van der Waals surface area contributed by atoms with E-state index >= 15 is 0 Å². The first-order chi connectivity index (χ1) is 15.1. The molecule has 3 rings (SSSR count). The van der Waals surface area contributed by atoms with Crippen molar-refractivity contribution in [3.05, 3.63) is 28.3 Å². The van der Waals surface area contributed by atoms with Gasteiger partial charge in [-0.2, -0.15) is 0 Å². The maximum atomic E-state index is 12.6. The number of likely N-dealkylation sites (tertiary alicyclic amines) is 2. The summed E-state index contributed by atoms with van der Waals surface area (Å²) in [5.41, 5.74) is -0.681. The average Bonchev–Trinajstić information content (AvgIpc) is 3.39. The van der Waals surface area contributed by atoms with Gasteiger partial charge in [0.2, 0.25) is 0 Å². The molecular formula is C22H33N3O7. The largest absolute Gasteiger partial charge is 0.493 e. The Morgan fingerprint density at radius 3 is 2.62 bits per heavy atom. The number of amides is 1. The minimum Gasteiger partial charge on any atom is -0.493 e. The van der Waals surface area contributed by atoms with Crippen LogP contribution in [0.15, 0.2) is 18.2 Å². The van der Waals surface area contributed by atoms with Gasteiger partial charge < -0.3 is 24.2 Å². The third-order valence-electron chi connectivity index (χ3n) is 5.82. The van der Waals surface area contributed by atoms with Gasteiger partial charge in [-0.1, -0.05) is 0 Å². The normalized spacial score (nSPS) is 22.6. The molecule has 1 aromatic rings. The van der Waals surface area contributed by atoms with Crippen LogP contribution in [0, 0.1) is 10.1 Å². The monoisotopic (exact) mass is 451 g/mol. The molecule has 3 atom stereocenters. The number of hydrogen-bond acceptors (Lipinski definition) is 8. The summed E-state index contributed by atoms with van der Waals surface area (Å²) in [6, 6.07) is 3.78. The summed E-state index contributed by atoms with van der Waals surface area (Å²) in [5, 5.41) is 22.3. The fourth-order valence-corrected chi connectivity index (χ4v) is 4.33. The highest BCUT2D eigenvalue weighted by atomic mass is 16.6. The highest BCUT2D eigenvalue weighted by Gasteiger charge is 2.42. The van der Waals surface area contributed by atoms with Crippen molar-refractivity contribution < 1.29 is 29.0 Å². The third-order valence-corrected chi connectivity index (χ3v) is 5.82. The number of hydrogen-bond donors (Lipinski definition) is 1. The zero-order valence-electron chi connectivity index (χ0n) is 19.2. The van der Waals surface area contributed by atoms with Crippen LogP contribution in [0.25, 0.3) is 0 Å². The van der Waals surface area contributed by atoms with E-state index in [1.54, 1.807) is 4.90 Å². The van der Waals surface area contributed by atoms with Gasteiger partial charge in [0.15, 0.2) is 11.5 Å². The quantitative estimate of drug-likeness (QED) is 0.497. The first kappa shape index (κ1) is 24.1. The lowest BCUT2D eigenvalue weighted by molar-refractivity contribution is -0.385. The summed E-state index contributed by atoms with van der Waals surface area (Å²) in [7, 11) is 1.48. The van der Waals surface area contributed by atoms with Crippen LogP contribution in [0.4, 0.5) is 10.5 Å². The minimum absolute atomic E-state index is 0.0805. The van der Waals surface area contributed by atoms with Gasteiger partial charge >= 0.3 is 6.09 Å². The number of carbonyl (C=O) groups excluding carboxylic acids is 1. The summed E-state index contributed by atoms with van der Waals surface area (Å²) in [5.74, 6) is 0.701. The second-order valence-electron chi connectivity index (χ2n) is 9.23. The highest BCUT2D eigenvalue weighted by molar-refractivity contribution is 5.69. The Balaban J connectivity index is 1.67. The molecule has 0 radical (unpaired) electrons. The molecule has 2 fully saturated rings. The molecule has 0 spiro atoms. The Hall–Kier alpha value is -2.59. The van der Waals surface area contributed by atoms with Crippen LogP contribution in [0.3, 0.4) is 0 Å². The maximum Gasteiger partial charge on any atom is 0.410 e. The van der Waals surface area contributed by atoms with Crippen molar-refractivity contribution in [1.29, 1.82) is 0 Å². The third kappa shape index (κ3) is 5.60. The smallest absolute Gasteiger partial charge is 0.410 e. The Labute approximate surface area is 188 Å². The SMILES string of the molecule is COc1ccc([N+](=O)[O-])cc1OCC1CCCN1C(O)C1CCCN1C(=O)OC(C)(C)C. The van der Waals surface area contributed by atoms with Gasteiger partial charge in [0, 0.05) is 25.2 Å². The fraction of sp³-hybridized carbons (Fsp3) is 0.682. The summed E-state index contributed by atoms with van der Waals surface area (Å²) in [6.45, 7) is 6.94. The number of nitro groups is 1. The molecule has 32 heavy (non-hydrogen) atoms. The molecule has 10 nitrogen and oxygen atoms in total. The molecule has 10 heteroatoms. The lowest BCUT2D eigenvalue weighted by Crippen LogP contribution is -2.54. The van der Waals surface area contributed by atoms with Gasteiger partial charge in [-0.05, 0) is 52.5 Å². The lowest BCUT2D eigenvalue weighted by atomic mass is 10.1. The van der Waals surface area contributed by atoms with Gasteiger partial charge in [-0.3, -0.25) is 15.0 Å². The number of rotatable bonds is 7. The summed E-state index contributed by atoms with van der Waals surface area (Å²) >= 11 is 0. The number of carbonyl (C=O) groups is 1. The zero-order valence-corrected chi connectivity index (χ0v) is 19.2. The van der Waals surface area contributed by atoms with Crippen LogP contribution in [-0.2, 0) is 4.74 Å². The molecule has 1 amide bonds. The average molecular weight is 452 g/mol. The van der Waals surface area contributed by atoms with Gasteiger partial charge in [0.05, 0.1) is 24.1 Å². The molecule has 2 saturated heterocycles. The highest BCUT2D eigenvalue weighted by Crippen LogP contribution is 2.33. The predicted octanol–water partition coefficient (Wildman–Crippen LogP) is 3.16. The molecule has 3 unspecified atom stereocenters. The van der Waals surface area contributed by atoms with E-state index in [0.717, 1.165) is 19.3 Å². The molecule has 0 aliphatic carbocycles. The van der Waals surface area contributed by atoms with Gasteiger partial charge in [-0.15, -0.1) is 0 Å². The number of benzene rings is 1. The van der Waals surface area contributed by atoms with E-state index in [9.17, 15) is 20.0 Å². The summed E-state index contributed by atoms with van der Waals surface area (Å²) < 4.78 is 16.7. The van der Waals surface area contributed by atoms with E-state index in [-0.39, 0.29) is 24.4 Å². The van der Waals surface area contributed by atoms with E-state index in [0.29, 0.717) is 31.0 Å². The Morgan fingerprint density at radius 1 is 1.25 bits per heavy atom. The molecule has 0 saturated carbocycles. The molecule has 1 aromatic carbocycles. The van der Waals surface area contributed by atoms with E-state index in [4.69, 9.17) is 14.2 Å². The molecule has 1 N–H and O–H groups in total. The van der Waals surface area contributed by atoms with E-state index in [1.807, 2.05) is 25.7 Å². The maximum absolute atomic E-state index is 12.6. The van der Waals surface area contributed by atoms with Crippen molar-refractivity contribution in [2.75, 3.05) is 26.8 Å². The first-order valence-corrected chi connectivity index (χ1v) is 11.0. The predicted molar refractivity (Wildman–Crippen MR) is 117 cm³/mol. The van der Waals surface area contributed by atoms with Gasteiger partial charge in [0.25, 0.3) is 5.69 Å². The zero-order chi connectivity index (χ0) is 23.5.